The Morgan fingerprint density at radius 1 is 1.17 bits per heavy atom. The van der Waals surface area contributed by atoms with E-state index in [4.69, 9.17) is 19.2 Å². The summed E-state index contributed by atoms with van der Waals surface area (Å²) in [5.41, 5.74) is -1.71. The smallest absolute Gasteiger partial charge is 0.493 e. The van der Waals surface area contributed by atoms with Gasteiger partial charge < -0.3 is 19.2 Å². The Hall–Kier alpha value is -1.67. The van der Waals surface area contributed by atoms with E-state index in [2.05, 4.69) is 0 Å². The molecule has 0 atom stereocenters. The zero-order valence-corrected chi connectivity index (χ0v) is 14.2. The number of carbonyl (C=O) groups is 1. The van der Waals surface area contributed by atoms with E-state index >= 15 is 0 Å². The number of hydrogen-bond donors (Lipinski definition) is 1. The molecule has 1 aromatic rings. The summed E-state index contributed by atoms with van der Waals surface area (Å²) in [5, 5.41) is 8.54. The van der Waals surface area contributed by atoms with Crippen LogP contribution in [-0.4, -0.2) is 36.0 Å². The summed E-state index contributed by atoms with van der Waals surface area (Å²) in [6.07, 6.45) is 0.175. The van der Waals surface area contributed by atoms with Gasteiger partial charge >= 0.3 is 13.1 Å². The number of hydrogen-bond acceptors (Lipinski definition) is 4. The highest BCUT2D eigenvalue weighted by atomic mass is 19.1. The van der Waals surface area contributed by atoms with Gasteiger partial charge in [0, 0.05) is 18.6 Å². The van der Waals surface area contributed by atoms with Crippen LogP contribution in [0.5, 0.6) is 5.75 Å². The van der Waals surface area contributed by atoms with Gasteiger partial charge in [0.2, 0.25) is 0 Å². The second kappa shape index (κ2) is 6.68. The molecule has 0 amide bonds. The summed E-state index contributed by atoms with van der Waals surface area (Å²) in [6, 6.07) is 2.09. The zero-order valence-electron chi connectivity index (χ0n) is 14.2. The zero-order chi connectivity index (χ0) is 18.1. The Kier molecular flexibility index (Phi) is 5.20. The summed E-state index contributed by atoms with van der Waals surface area (Å²) in [5.74, 6) is -2.62. The van der Waals surface area contributed by atoms with E-state index in [1.807, 2.05) is 0 Å². The molecule has 1 aliphatic heterocycles. The first-order valence-electron chi connectivity index (χ1n) is 7.73. The topological polar surface area (TPSA) is 65.0 Å². The molecule has 0 aromatic heterocycles. The Morgan fingerprint density at radius 3 is 2.12 bits per heavy atom. The van der Waals surface area contributed by atoms with Gasteiger partial charge in [0.05, 0.1) is 23.3 Å². The molecule has 0 saturated carbocycles. The van der Waals surface area contributed by atoms with Gasteiger partial charge in [-0.05, 0) is 34.1 Å². The van der Waals surface area contributed by atoms with Crippen molar-refractivity contribution >= 4 is 18.6 Å². The van der Waals surface area contributed by atoms with Crippen LogP contribution < -0.4 is 10.2 Å². The Bertz CT molecular complexity index is 594. The predicted octanol–water partition coefficient (Wildman–Crippen LogP) is 2.51. The van der Waals surface area contributed by atoms with Crippen molar-refractivity contribution in [2.75, 3.05) is 6.61 Å². The van der Waals surface area contributed by atoms with E-state index < -0.39 is 35.9 Å². The van der Waals surface area contributed by atoms with Gasteiger partial charge in [0.25, 0.3) is 0 Å². The Morgan fingerprint density at radius 2 is 1.67 bits per heavy atom. The number of halogens is 2. The molecule has 1 aliphatic rings. The van der Waals surface area contributed by atoms with Crippen molar-refractivity contribution in [3.63, 3.8) is 0 Å². The Balaban J connectivity index is 2.12. The van der Waals surface area contributed by atoms with Crippen LogP contribution in [0.3, 0.4) is 0 Å². The first kappa shape index (κ1) is 18.7. The van der Waals surface area contributed by atoms with Crippen LogP contribution in [0.2, 0.25) is 0 Å². The summed E-state index contributed by atoms with van der Waals surface area (Å²) in [6.45, 7) is 7.23. The van der Waals surface area contributed by atoms with Gasteiger partial charge in [-0.2, -0.15) is 0 Å². The number of carboxylic acid groups (broad SMARTS) is 1. The molecule has 0 aliphatic carbocycles. The van der Waals surface area contributed by atoms with E-state index in [-0.39, 0.29) is 30.7 Å². The minimum Gasteiger partial charge on any atom is -0.493 e. The number of benzene rings is 1. The third kappa shape index (κ3) is 3.87. The lowest BCUT2D eigenvalue weighted by Gasteiger charge is -2.32. The quantitative estimate of drug-likeness (QED) is 0.636. The molecular formula is C16H21BF2O5. The van der Waals surface area contributed by atoms with Gasteiger partial charge in [0.15, 0.2) is 0 Å². The second-order valence-corrected chi connectivity index (χ2v) is 6.73. The molecule has 0 spiro atoms. The maximum Gasteiger partial charge on any atom is 0.500 e. The highest BCUT2D eigenvalue weighted by Gasteiger charge is 2.53. The normalized spacial score (nSPS) is 18.7. The highest BCUT2D eigenvalue weighted by Crippen LogP contribution is 2.37. The van der Waals surface area contributed by atoms with Crippen molar-refractivity contribution in [2.24, 2.45) is 0 Å². The molecule has 1 saturated heterocycles. The summed E-state index contributed by atoms with van der Waals surface area (Å²) < 4.78 is 45.2. The van der Waals surface area contributed by atoms with E-state index in [9.17, 15) is 13.6 Å². The van der Waals surface area contributed by atoms with Gasteiger partial charge in [-0.3, -0.25) is 4.79 Å². The standard InChI is InChI=1S/C16H21BF2O5/c1-15(2)16(3,4)24-17(23-15)14-11(18)8-10(9-12(14)19)22-7-5-6-13(20)21/h8-9H,5-7H2,1-4H3,(H,20,21). The lowest BCUT2D eigenvalue weighted by molar-refractivity contribution is -0.137. The molecule has 2 rings (SSSR count). The fourth-order valence-electron chi connectivity index (χ4n) is 2.24. The van der Waals surface area contributed by atoms with Crippen molar-refractivity contribution in [1.82, 2.24) is 0 Å². The molecule has 132 valence electrons. The summed E-state index contributed by atoms with van der Waals surface area (Å²) in [7, 11) is -1.14. The number of rotatable bonds is 6. The molecular weight excluding hydrogens is 321 g/mol. The van der Waals surface area contributed by atoms with Crippen LogP contribution in [0, 0.1) is 11.6 Å². The van der Waals surface area contributed by atoms with Crippen LogP contribution in [0.25, 0.3) is 0 Å². The fourth-order valence-corrected chi connectivity index (χ4v) is 2.24. The SMILES string of the molecule is CC1(C)OB(c2c(F)cc(OCCCC(=O)O)cc2F)OC1(C)C. The number of aliphatic carboxylic acids is 1. The van der Waals surface area contributed by atoms with E-state index in [0.29, 0.717) is 0 Å². The van der Waals surface area contributed by atoms with Gasteiger partial charge in [-0.1, -0.05) is 0 Å². The van der Waals surface area contributed by atoms with E-state index in [1.165, 1.54) is 0 Å². The minimum atomic E-state index is -1.14. The first-order valence-corrected chi connectivity index (χ1v) is 7.73. The van der Waals surface area contributed by atoms with Gasteiger partial charge in [-0.15, -0.1) is 0 Å². The lowest BCUT2D eigenvalue weighted by atomic mass is 9.78. The summed E-state index contributed by atoms with van der Waals surface area (Å²) >= 11 is 0. The highest BCUT2D eigenvalue weighted by molar-refractivity contribution is 6.62. The molecule has 8 heteroatoms. The maximum absolute atomic E-state index is 14.3. The third-order valence-corrected chi connectivity index (χ3v) is 4.35. The first-order chi connectivity index (χ1) is 11.0. The molecule has 0 radical (unpaired) electrons. The molecule has 24 heavy (non-hydrogen) atoms. The number of carboxylic acids is 1. The number of ether oxygens (including phenoxy) is 1. The monoisotopic (exact) mass is 342 g/mol. The molecule has 0 bridgehead atoms. The van der Waals surface area contributed by atoms with E-state index in [0.717, 1.165) is 12.1 Å². The van der Waals surface area contributed by atoms with Crippen molar-refractivity contribution in [3.8, 4) is 5.75 Å². The van der Waals surface area contributed by atoms with Crippen LogP contribution in [-0.2, 0) is 14.1 Å². The molecule has 5 nitrogen and oxygen atoms in total. The molecule has 1 heterocycles. The Labute approximate surface area is 140 Å². The summed E-state index contributed by atoms with van der Waals surface area (Å²) in [4.78, 5) is 10.4. The fraction of sp³-hybridized carbons (Fsp3) is 0.562. The van der Waals surface area contributed by atoms with Gasteiger partial charge in [-0.25, -0.2) is 8.78 Å². The van der Waals surface area contributed by atoms with Crippen LogP contribution in [0.15, 0.2) is 12.1 Å². The van der Waals surface area contributed by atoms with Crippen molar-refractivity contribution in [1.29, 1.82) is 0 Å². The third-order valence-electron chi connectivity index (χ3n) is 4.35. The average Bonchev–Trinajstić information content (AvgIpc) is 2.62. The second-order valence-electron chi connectivity index (χ2n) is 6.73. The van der Waals surface area contributed by atoms with Crippen LogP contribution >= 0.6 is 0 Å². The van der Waals surface area contributed by atoms with Crippen LogP contribution in [0.4, 0.5) is 8.78 Å². The van der Waals surface area contributed by atoms with Crippen molar-refractivity contribution in [2.45, 2.75) is 51.7 Å². The maximum atomic E-state index is 14.3. The average molecular weight is 342 g/mol. The molecule has 0 unspecified atom stereocenters. The molecule has 1 N–H and O–H groups in total. The van der Waals surface area contributed by atoms with E-state index in [1.54, 1.807) is 27.7 Å². The molecule has 1 aromatic carbocycles. The van der Waals surface area contributed by atoms with Crippen LogP contribution in [0.1, 0.15) is 40.5 Å². The largest absolute Gasteiger partial charge is 0.500 e. The lowest BCUT2D eigenvalue weighted by Crippen LogP contribution is -2.41. The van der Waals surface area contributed by atoms with Gasteiger partial charge in [0.1, 0.15) is 17.4 Å². The molecule has 1 fully saturated rings. The van der Waals surface area contributed by atoms with Crippen molar-refractivity contribution < 1.29 is 32.7 Å². The minimum absolute atomic E-state index is 0.00402. The predicted molar refractivity (Wildman–Crippen MR) is 84.4 cm³/mol. The van der Waals surface area contributed by atoms with Crippen molar-refractivity contribution in [3.05, 3.63) is 23.8 Å².